The zero-order valence-electron chi connectivity index (χ0n) is 15.4. The van der Waals surface area contributed by atoms with Gasteiger partial charge in [-0.05, 0) is 50.6 Å². The summed E-state index contributed by atoms with van der Waals surface area (Å²) in [4.78, 5) is 11.7. The monoisotopic (exact) mass is 393 g/mol. The van der Waals surface area contributed by atoms with Gasteiger partial charge in [0, 0.05) is 0 Å². The van der Waals surface area contributed by atoms with Gasteiger partial charge in [-0.3, -0.25) is 0 Å². The summed E-state index contributed by atoms with van der Waals surface area (Å²) in [6.45, 7) is 5.18. The minimum Gasteiger partial charge on any atom is -0.444 e. The van der Waals surface area contributed by atoms with Gasteiger partial charge in [-0.2, -0.15) is 8.42 Å². The molecule has 146 valence electrons. The van der Waals surface area contributed by atoms with E-state index in [1.165, 1.54) is 36.4 Å². The first-order valence-electron chi connectivity index (χ1n) is 8.31. The molecule has 0 spiro atoms. The molecule has 1 amide bonds. The maximum Gasteiger partial charge on any atom is 0.407 e. The highest BCUT2D eigenvalue weighted by Crippen LogP contribution is 2.21. The number of alkyl carbamates (subject to hydrolysis) is 1. The van der Waals surface area contributed by atoms with Gasteiger partial charge in [0.05, 0.1) is 12.6 Å². The Bertz CT molecular complexity index is 857. The molecule has 0 aliphatic rings. The van der Waals surface area contributed by atoms with Crippen molar-refractivity contribution in [3.63, 3.8) is 0 Å². The van der Waals surface area contributed by atoms with Crippen molar-refractivity contribution < 1.29 is 27.2 Å². The fourth-order valence-electron chi connectivity index (χ4n) is 2.12. The Kier molecular flexibility index (Phi) is 6.45. The highest BCUT2D eigenvalue weighted by Gasteiger charge is 2.18. The van der Waals surface area contributed by atoms with E-state index >= 15 is 0 Å². The van der Waals surface area contributed by atoms with E-state index in [0.717, 1.165) is 0 Å². The third-order valence-electron chi connectivity index (χ3n) is 3.34. The van der Waals surface area contributed by atoms with Crippen LogP contribution in [-0.4, -0.2) is 31.8 Å². The molecule has 0 saturated heterocycles. The molecular weight excluding hydrogens is 370 g/mol. The molecule has 2 aromatic carbocycles. The molecule has 2 rings (SSSR count). The first-order chi connectivity index (χ1) is 12.6. The lowest BCUT2D eigenvalue weighted by atomic mass is 10.1. The van der Waals surface area contributed by atoms with Crippen molar-refractivity contribution in [2.45, 2.75) is 37.4 Å². The second kappa shape index (κ2) is 8.41. The van der Waals surface area contributed by atoms with Crippen LogP contribution in [0.2, 0.25) is 0 Å². The van der Waals surface area contributed by atoms with Crippen LogP contribution >= 0.6 is 0 Å². The predicted molar refractivity (Wildman–Crippen MR) is 99.9 cm³/mol. The second-order valence-electron chi connectivity index (χ2n) is 6.82. The average Bonchev–Trinajstić information content (AvgIpc) is 2.59. The van der Waals surface area contributed by atoms with Gasteiger partial charge >= 0.3 is 16.2 Å². The van der Waals surface area contributed by atoms with E-state index in [2.05, 4.69) is 5.32 Å². The number of benzene rings is 2. The quantitative estimate of drug-likeness (QED) is 0.732. The van der Waals surface area contributed by atoms with Crippen LogP contribution in [0.25, 0.3) is 0 Å². The van der Waals surface area contributed by atoms with Crippen LogP contribution < -0.4 is 9.50 Å². The Balaban J connectivity index is 1.95. The summed E-state index contributed by atoms with van der Waals surface area (Å²) in [5.41, 5.74) is -0.131. The van der Waals surface area contributed by atoms with Crippen molar-refractivity contribution >= 4 is 16.2 Å². The molecule has 0 aliphatic heterocycles. The minimum atomic E-state index is -3.92. The van der Waals surface area contributed by atoms with E-state index < -0.39 is 27.9 Å². The molecule has 0 aromatic heterocycles. The van der Waals surface area contributed by atoms with Gasteiger partial charge in [-0.25, -0.2) is 4.79 Å². The summed E-state index contributed by atoms with van der Waals surface area (Å²) >= 11 is 0. The molecule has 1 unspecified atom stereocenters. The summed E-state index contributed by atoms with van der Waals surface area (Å²) in [6.07, 6.45) is -1.60. The van der Waals surface area contributed by atoms with E-state index in [4.69, 9.17) is 8.92 Å². The largest absolute Gasteiger partial charge is 0.444 e. The van der Waals surface area contributed by atoms with Crippen LogP contribution in [-0.2, 0) is 14.9 Å². The topological polar surface area (TPSA) is 102 Å². The summed E-state index contributed by atoms with van der Waals surface area (Å²) in [6, 6.07) is 13.7. The zero-order chi connectivity index (χ0) is 20.1. The van der Waals surface area contributed by atoms with Crippen molar-refractivity contribution in [3.05, 3.63) is 60.2 Å². The highest BCUT2D eigenvalue weighted by atomic mass is 32.2. The Morgan fingerprint density at radius 1 is 1.07 bits per heavy atom. The van der Waals surface area contributed by atoms with Crippen molar-refractivity contribution in [3.8, 4) is 5.75 Å². The van der Waals surface area contributed by atoms with Crippen LogP contribution in [0.4, 0.5) is 4.79 Å². The fourth-order valence-corrected chi connectivity index (χ4v) is 3.07. The summed E-state index contributed by atoms with van der Waals surface area (Å²) in [5.74, 6) is 0.120. The minimum absolute atomic E-state index is 0.0442. The van der Waals surface area contributed by atoms with Crippen LogP contribution in [0, 0.1) is 0 Å². The number of rotatable bonds is 6. The first-order valence-corrected chi connectivity index (χ1v) is 9.72. The summed E-state index contributed by atoms with van der Waals surface area (Å²) < 4.78 is 34.5. The molecule has 7 nitrogen and oxygen atoms in total. The van der Waals surface area contributed by atoms with Gasteiger partial charge < -0.3 is 19.3 Å². The van der Waals surface area contributed by atoms with E-state index in [1.807, 2.05) is 0 Å². The standard InChI is InChI=1S/C19H23NO6S/c1-19(2,3)25-18(22)20-13-17(21)14-9-11-15(12-10-14)26-27(23,24)16-7-5-4-6-8-16/h4-12,17,21H,13H2,1-3H3,(H,20,22). The number of hydrogen-bond acceptors (Lipinski definition) is 6. The van der Waals surface area contributed by atoms with Gasteiger partial charge in [0.25, 0.3) is 0 Å². The molecule has 0 aliphatic carbocycles. The molecule has 27 heavy (non-hydrogen) atoms. The van der Waals surface area contributed by atoms with E-state index in [-0.39, 0.29) is 17.2 Å². The fraction of sp³-hybridized carbons (Fsp3) is 0.316. The lowest BCUT2D eigenvalue weighted by molar-refractivity contribution is 0.0491. The zero-order valence-corrected chi connectivity index (χ0v) is 16.2. The molecule has 0 bridgehead atoms. The normalized spacial score (nSPS) is 12.9. The molecule has 8 heteroatoms. The Labute approximate surface area is 159 Å². The SMILES string of the molecule is CC(C)(C)OC(=O)NCC(O)c1ccc(OS(=O)(=O)c2ccccc2)cc1. The van der Waals surface area contributed by atoms with Crippen molar-refractivity contribution in [1.29, 1.82) is 0 Å². The highest BCUT2D eigenvalue weighted by molar-refractivity contribution is 7.87. The van der Waals surface area contributed by atoms with Crippen LogP contribution in [0.1, 0.15) is 32.4 Å². The predicted octanol–water partition coefficient (Wildman–Crippen LogP) is 3.01. The third kappa shape index (κ3) is 6.58. The van der Waals surface area contributed by atoms with Gasteiger partial charge in [-0.1, -0.05) is 30.3 Å². The maximum absolute atomic E-state index is 12.2. The number of hydrogen-bond donors (Lipinski definition) is 2. The van der Waals surface area contributed by atoms with E-state index in [9.17, 15) is 18.3 Å². The second-order valence-corrected chi connectivity index (χ2v) is 8.36. The number of ether oxygens (including phenoxy) is 1. The molecule has 0 saturated carbocycles. The number of aliphatic hydroxyl groups is 1. The number of amides is 1. The van der Waals surface area contributed by atoms with Gasteiger partial charge in [0.15, 0.2) is 0 Å². The van der Waals surface area contributed by atoms with Crippen molar-refractivity contribution in [2.75, 3.05) is 6.54 Å². The summed E-state index contributed by atoms with van der Waals surface area (Å²) in [5, 5.41) is 12.6. The van der Waals surface area contributed by atoms with Gasteiger partial charge in [-0.15, -0.1) is 0 Å². The number of carbonyl (C=O) groups excluding carboxylic acids is 1. The Morgan fingerprint density at radius 3 is 2.22 bits per heavy atom. The molecular formula is C19H23NO6S. The molecule has 2 N–H and O–H groups in total. The van der Waals surface area contributed by atoms with Crippen LogP contribution in [0.5, 0.6) is 5.75 Å². The average molecular weight is 393 g/mol. The van der Waals surface area contributed by atoms with Gasteiger partial charge in [0.1, 0.15) is 16.2 Å². The van der Waals surface area contributed by atoms with E-state index in [0.29, 0.717) is 5.56 Å². The number of carbonyl (C=O) groups is 1. The number of nitrogens with one attached hydrogen (secondary N) is 1. The summed E-state index contributed by atoms with van der Waals surface area (Å²) in [7, 11) is -3.92. The first kappa shape index (κ1) is 20.7. The molecule has 0 fully saturated rings. The Morgan fingerprint density at radius 2 is 1.67 bits per heavy atom. The lowest BCUT2D eigenvalue weighted by Crippen LogP contribution is -2.34. The molecule has 2 aromatic rings. The molecule has 0 radical (unpaired) electrons. The van der Waals surface area contributed by atoms with Crippen molar-refractivity contribution in [1.82, 2.24) is 5.32 Å². The molecule has 0 heterocycles. The van der Waals surface area contributed by atoms with Crippen molar-refractivity contribution in [2.24, 2.45) is 0 Å². The third-order valence-corrected chi connectivity index (χ3v) is 4.60. The Hall–Kier alpha value is -2.58. The van der Waals surface area contributed by atoms with Crippen LogP contribution in [0.15, 0.2) is 59.5 Å². The van der Waals surface area contributed by atoms with E-state index in [1.54, 1.807) is 39.0 Å². The van der Waals surface area contributed by atoms with Gasteiger partial charge in [0.2, 0.25) is 0 Å². The van der Waals surface area contributed by atoms with Crippen LogP contribution in [0.3, 0.4) is 0 Å². The molecule has 1 atom stereocenters. The smallest absolute Gasteiger partial charge is 0.407 e. The lowest BCUT2D eigenvalue weighted by Gasteiger charge is -2.20. The number of aliphatic hydroxyl groups excluding tert-OH is 1. The maximum atomic E-state index is 12.2.